The molecule has 0 aliphatic rings. The molecule has 0 radical (unpaired) electrons. The van der Waals surface area contributed by atoms with Crippen LogP contribution in [0.5, 0.6) is 0 Å². The van der Waals surface area contributed by atoms with Crippen LogP contribution in [0.3, 0.4) is 0 Å². The van der Waals surface area contributed by atoms with Gasteiger partial charge in [-0.05, 0) is 23.8 Å². The first kappa shape index (κ1) is 14.7. The summed E-state index contributed by atoms with van der Waals surface area (Å²) in [5, 5.41) is 4.23. The predicted molar refractivity (Wildman–Crippen MR) is 63.2 cm³/mol. The summed E-state index contributed by atoms with van der Waals surface area (Å²) < 4.78 is 35.8. The van der Waals surface area contributed by atoms with Gasteiger partial charge in [-0.1, -0.05) is 18.7 Å². The van der Waals surface area contributed by atoms with Crippen LogP contribution in [0.1, 0.15) is 5.56 Å². The third-order valence-corrected chi connectivity index (χ3v) is 2.12. The third kappa shape index (κ3) is 4.82. The molecule has 1 aromatic carbocycles. The molecule has 0 aliphatic carbocycles. The van der Waals surface area contributed by atoms with Gasteiger partial charge >= 0.3 is 12.1 Å². The second kappa shape index (κ2) is 6.03. The largest absolute Gasteiger partial charge is 0.471 e. The lowest BCUT2D eigenvalue weighted by Gasteiger charge is -2.08. The number of hydrogen-bond acceptors (Lipinski definition) is 2. The fourth-order valence-corrected chi connectivity index (χ4v) is 1.18. The molecule has 0 fully saturated rings. The lowest BCUT2D eigenvalue weighted by molar-refractivity contribution is -0.173. The molecule has 19 heavy (non-hydrogen) atoms. The smallest absolute Gasteiger partial charge is 0.344 e. The van der Waals surface area contributed by atoms with Gasteiger partial charge in [0.2, 0.25) is 5.91 Å². The van der Waals surface area contributed by atoms with Crippen molar-refractivity contribution < 1.29 is 22.8 Å². The van der Waals surface area contributed by atoms with Gasteiger partial charge in [0.15, 0.2) is 0 Å². The highest BCUT2D eigenvalue weighted by atomic mass is 19.4. The zero-order chi connectivity index (χ0) is 14.5. The molecular formula is C12H11F3N2O2. The Morgan fingerprint density at radius 1 is 1.21 bits per heavy atom. The Morgan fingerprint density at radius 2 is 1.79 bits per heavy atom. The number of anilines is 1. The molecule has 2 amide bonds. The average Bonchev–Trinajstić information content (AvgIpc) is 2.36. The second-order valence-electron chi connectivity index (χ2n) is 3.57. The number of carbonyl (C=O) groups is 2. The fraction of sp³-hybridized carbons (Fsp3) is 0.167. The van der Waals surface area contributed by atoms with Gasteiger partial charge in [0, 0.05) is 12.2 Å². The average molecular weight is 272 g/mol. The molecule has 0 bridgehead atoms. The minimum atomic E-state index is -4.89. The Hall–Kier alpha value is -2.31. The van der Waals surface area contributed by atoms with Crippen LogP contribution in [0.4, 0.5) is 18.9 Å². The molecule has 4 nitrogen and oxygen atoms in total. The number of rotatable bonds is 4. The molecule has 0 aromatic heterocycles. The van der Waals surface area contributed by atoms with E-state index >= 15 is 0 Å². The first-order chi connectivity index (χ1) is 8.82. The quantitative estimate of drug-likeness (QED) is 0.823. The van der Waals surface area contributed by atoms with Crippen LogP contribution in [0, 0.1) is 0 Å². The van der Waals surface area contributed by atoms with Gasteiger partial charge in [0.25, 0.3) is 0 Å². The van der Waals surface area contributed by atoms with Gasteiger partial charge in [-0.2, -0.15) is 13.2 Å². The summed E-state index contributed by atoms with van der Waals surface area (Å²) in [7, 11) is 0. The molecule has 1 rings (SSSR count). The SMILES string of the molecule is C=CC(=O)Nc1ccc(CNC(=O)C(F)(F)F)cc1. The second-order valence-corrected chi connectivity index (χ2v) is 3.57. The van der Waals surface area contributed by atoms with Crippen molar-refractivity contribution in [3.8, 4) is 0 Å². The molecule has 102 valence electrons. The standard InChI is InChI=1S/C12H11F3N2O2/c1-2-10(18)17-9-5-3-8(4-6-9)7-16-11(19)12(13,14)15/h2-6H,1,7H2,(H,16,19)(H,17,18). The Kier molecular flexibility index (Phi) is 4.68. The van der Waals surface area contributed by atoms with Gasteiger partial charge in [0.05, 0.1) is 0 Å². The van der Waals surface area contributed by atoms with Gasteiger partial charge in [-0.15, -0.1) is 0 Å². The van der Waals surface area contributed by atoms with Crippen molar-refractivity contribution in [1.29, 1.82) is 0 Å². The lowest BCUT2D eigenvalue weighted by atomic mass is 10.2. The van der Waals surface area contributed by atoms with Gasteiger partial charge in [-0.3, -0.25) is 9.59 Å². The number of nitrogens with one attached hydrogen (secondary N) is 2. The molecule has 0 saturated heterocycles. The number of amides is 2. The van der Waals surface area contributed by atoms with Crippen molar-refractivity contribution in [2.75, 3.05) is 5.32 Å². The third-order valence-electron chi connectivity index (χ3n) is 2.12. The van der Waals surface area contributed by atoms with E-state index in [-0.39, 0.29) is 6.54 Å². The van der Waals surface area contributed by atoms with E-state index in [0.717, 1.165) is 6.08 Å². The van der Waals surface area contributed by atoms with Crippen molar-refractivity contribution in [3.05, 3.63) is 42.5 Å². The Labute approximate surface area is 107 Å². The van der Waals surface area contributed by atoms with Crippen LogP contribution in [-0.2, 0) is 16.1 Å². The van der Waals surface area contributed by atoms with E-state index < -0.39 is 18.0 Å². The molecular weight excluding hydrogens is 261 g/mol. The van der Waals surface area contributed by atoms with E-state index in [1.807, 2.05) is 0 Å². The molecule has 0 unspecified atom stereocenters. The maximum absolute atomic E-state index is 11.9. The highest BCUT2D eigenvalue weighted by Crippen LogP contribution is 2.15. The fourth-order valence-electron chi connectivity index (χ4n) is 1.18. The first-order valence-electron chi connectivity index (χ1n) is 5.20. The predicted octanol–water partition coefficient (Wildman–Crippen LogP) is 1.99. The number of benzene rings is 1. The molecule has 0 saturated carbocycles. The van der Waals surface area contributed by atoms with Crippen LogP contribution < -0.4 is 10.6 Å². The molecule has 2 N–H and O–H groups in total. The Bertz CT molecular complexity index is 481. The summed E-state index contributed by atoms with van der Waals surface area (Å²) in [5.41, 5.74) is 0.963. The van der Waals surface area contributed by atoms with E-state index in [1.165, 1.54) is 24.3 Å². The van der Waals surface area contributed by atoms with Crippen molar-refractivity contribution in [2.45, 2.75) is 12.7 Å². The van der Waals surface area contributed by atoms with Crippen LogP contribution in [0.15, 0.2) is 36.9 Å². The summed E-state index contributed by atoms with van der Waals surface area (Å²) in [5.74, 6) is -2.38. The molecule has 0 atom stereocenters. The number of halogens is 3. The lowest BCUT2D eigenvalue weighted by Crippen LogP contribution is -2.36. The number of alkyl halides is 3. The van der Waals surface area contributed by atoms with Gasteiger partial charge in [0.1, 0.15) is 0 Å². The highest BCUT2D eigenvalue weighted by molar-refractivity contribution is 5.98. The normalized spacial score (nSPS) is 10.7. The van der Waals surface area contributed by atoms with Crippen LogP contribution in [0.2, 0.25) is 0 Å². The van der Waals surface area contributed by atoms with E-state index in [1.54, 1.807) is 5.32 Å². The highest BCUT2D eigenvalue weighted by Gasteiger charge is 2.38. The van der Waals surface area contributed by atoms with E-state index in [2.05, 4.69) is 11.9 Å². The van der Waals surface area contributed by atoms with Crippen molar-refractivity contribution in [3.63, 3.8) is 0 Å². The molecule has 0 heterocycles. The van der Waals surface area contributed by atoms with Crippen LogP contribution in [-0.4, -0.2) is 18.0 Å². The first-order valence-corrected chi connectivity index (χ1v) is 5.20. The van der Waals surface area contributed by atoms with Crippen molar-refractivity contribution >= 4 is 17.5 Å². The zero-order valence-corrected chi connectivity index (χ0v) is 9.75. The maximum atomic E-state index is 11.9. The minimum absolute atomic E-state index is 0.242. The number of carbonyl (C=O) groups excluding carboxylic acids is 2. The zero-order valence-electron chi connectivity index (χ0n) is 9.75. The topological polar surface area (TPSA) is 58.2 Å². The molecule has 1 aromatic rings. The van der Waals surface area contributed by atoms with E-state index in [9.17, 15) is 22.8 Å². The summed E-state index contributed by atoms with van der Waals surface area (Å²) in [6, 6.07) is 6.01. The van der Waals surface area contributed by atoms with Gasteiger partial charge < -0.3 is 10.6 Å². The van der Waals surface area contributed by atoms with E-state index in [4.69, 9.17) is 0 Å². The molecule has 0 aliphatic heterocycles. The summed E-state index contributed by atoms with van der Waals surface area (Å²) >= 11 is 0. The summed E-state index contributed by atoms with van der Waals surface area (Å²) in [6.07, 6.45) is -3.80. The molecule has 7 heteroatoms. The van der Waals surface area contributed by atoms with Crippen molar-refractivity contribution in [2.24, 2.45) is 0 Å². The number of hydrogen-bond donors (Lipinski definition) is 2. The van der Waals surface area contributed by atoms with E-state index in [0.29, 0.717) is 11.3 Å². The summed E-state index contributed by atoms with van der Waals surface area (Å²) in [6.45, 7) is 3.04. The van der Waals surface area contributed by atoms with Crippen LogP contribution >= 0.6 is 0 Å². The maximum Gasteiger partial charge on any atom is 0.471 e. The molecule has 0 spiro atoms. The van der Waals surface area contributed by atoms with Crippen molar-refractivity contribution in [1.82, 2.24) is 5.32 Å². The Balaban J connectivity index is 2.55. The van der Waals surface area contributed by atoms with Gasteiger partial charge in [-0.25, -0.2) is 0 Å². The monoisotopic (exact) mass is 272 g/mol. The van der Waals surface area contributed by atoms with Crippen LogP contribution in [0.25, 0.3) is 0 Å². The summed E-state index contributed by atoms with van der Waals surface area (Å²) in [4.78, 5) is 21.6. The Morgan fingerprint density at radius 3 is 2.26 bits per heavy atom. The minimum Gasteiger partial charge on any atom is -0.344 e.